The third-order valence-corrected chi connectivity index (χ3v) is 1.72. The maximum Gasteiger partial charge on any atom is 0.0164 e. The van der Waals surface area contributed by atoms with Crippen molar-refractivity contribution < 1.29 is 0 Å². The maximum absolute atomic E-state index is 3.16. The summed E-state index contributed by atoms with van der Waals surface area (Å²) in [6.07, 6.45) is 10.4. The second-order valence-electron chi connectivity index (χ2n) is 2.65. The molecule has 1 rings (SSSR count). The monoisotopic (exact) mass is 137 g/mol. The Morgan fingerprint density at radius 1 is 1.40 bits per heavy atom. The van der Waals surface area contributed by atoms with Gasteiger partial charge in [0.2, 0.25) is 0 Å². The Morgan fingerprint density at radius 2 is 2.30 bits per heavy atom. The minimum absolute atomic E-state index is 1.05. The van der Waals surface area contributed by atoms with Crippen LogP contribution in [0.2, 0.25) is 0 Å². The molecule has 0 fully saturated rings. The first-order chi connectivity index (χ1) is 4.93. The minimum Gasteiger partial charge on any atom is -0.316 e. The number of allylic oxidation sites excluding steroid dienone is 3. The molecule has 0 atom stereocenters. The lowest BCUT2D eigenvalue weighted by Gasteiger charge is -2.00. The zero-order valence-corrected chi connectivity index (χ0v) is 6.56. The minimum atomic E-state index is 1.05. The molecule has 0 unspecified atom stereocenters. The van der Waals surface area contributed by atoms with Gasteiger partial charge in [-0.1, -0.05) is 23.8 Å². The molecule has 0 amide bonds. The number of hydrogen-bond acceptors (Lipinski definition) is 1. The van der Waals surface area contributed by atoms with E-state index in [0.29, 0.717) is 0 Å². The lowest BCUT2D eigenvalue weighted by molar-refractivity contribution is 0.856. The second kappa shape index (κ2) is 4.29. The van der Waals surface area contributed by atoms with E-state index in [1.54, 1.807) is 0 Å². The summed E-state index contributed by atoms with van der Waals surface area (Å²) in [5.41, 5.74) is 1.52. The molecule has 1 aliphatic rings. The fraction of sp³-hybridized carbons (Fsp3) is 0.556. The molecular formula is C9H15N. The van der Waals surface area contributed by atoms with Gasteiger partial charge in [0, 0.05) is 6.54 Å². The van der Waals surface area contributed by atoms with Crippen LogP contribution in [-0.4, -0.2) is 13.6 Å². The highest BCUT2D eigenvalue weighted by atomic mass is 14.8. The van der Waals surface area contributed by atoms with Gasteiger partial charge in [-0.2, -0.15) is 0 Å². The molecule has 1 aliphatic carbocycles. The molecular weight excluding hydrogens is 122 g/mol. The fourth-order valence-corrected chi connectivity index (χ4v) is 1.19. The molecule has 0 aromatic rings. The maximum atomic E-state index is 3.16. The van der Waals surface area contributed by atoms with Gasteiger partial charge in [-0.05, 0) is 26.3 Å². The van der Waals surface area contributed by atoms with Crippen LogP contribution >= 0.6 is 0 Å². The van der Waals surface area contributed by atoms with Crippen LogP contribution < -0.4 is 5.32 Å². The lowest BCUT2D eigenvalue weighted by Crippen LogP contribution is -2.09. The Kier molecular flexibility index (Phi) is 3.23. The molecule has 0 aromatic carbocycles. The first-order valence-electron chi connectivity index (χ1n) is 3.91. The van der Waals surface area contributed by atoms with Crippen molar-refractivity contribution in [3.8, 4) is 0 Å². The quantitative estimate of drug-likeness (QED) is 0.573. The molecule has 0 aliphatic heterocycles. The van der Waals surface area contributed by atoms with E-state index in [1.807, 2.05) is 7.05 Å². The van der Waals surface area contributed by atoms with Crippen LogP contribution in [-0.2, 0) is 0 Å². The van der Waals surface area contributed by atoms with Crippen molar-refractivity contribution in [1.29, 1.82) is 0 Å². The van der Waals surface area contributed by atoms with Crippen LogP contribution in [0.4, 0.5) is 0 Å². The highest BCUT2D eigenvalue weighted by molar-refractivity contribution is 5.12. The average Bonchev–Trinajstić information content (AvgIpc) is 2.17. The summed E-state index contributed by atoms with van der Waals surface area (Å²) in [4.78, 5) is 0. The van der Waals surface area contributed by atoms with Crippen molar-refractivity contribution >= 4 is 0 Å². The average molecular weight is 137 g/mol. The van der Waals surface area contributed by atoms with Crippen molar-refractivity contribution in [2.45, 2.75) is 19.3 Å². The van der Waals surface area contributed by atoms with E-state index in [4.69, 9.17) is 0 Å². The van der Waals surface area contributed by atoms with Crippen LogP contribution in [0.25, 0.3) is 0 Å². The van der Waals surface area contributed by atoms with Crippen molar-refractivity contribution in [1.82, 2.24) is 5.32 Å². The number of nitrogens with one attached hydrogen (secondary N) is 1. The van der Waals surface area contributed by atoms with Gasteiger partial charge in [-0.25, -0.2) is 0 Å². The van der Waals surface area contributed by atoms with Crippen LogP contribution in [0.15, 0.2) is 23.8 Å². The zero-order chi connectivity index (χ0) is 7.23. The largest absolute Gasteiger partial charge is 0.316 e. The van der Waals surface area contributed by atoms with E-state index in [-0.39, 0.29) is 0 Å². The van der Waals surface area contributed by atoms with Crippen molar-refractivity contribution in [3.05, 3.63) is 23.8 Å². The molecule has 10 heavy (non-hydrogen) atoms. The highest BCUT2D eigenvalue weighted by Gasteiger charge is 1.94. The van der Waals surface area contributed by atoms with Gasteiger partial charge >= 0.3 is 0 Å². The van der Waals surface area contributed by atoms with Crippen LogP contribution in [0, 0.1) is 0 Å². The summed E-state index contributed by atoms with van der Waals surface area (Å²) in [5.74, 6) is 0. The summed E-state index contributed by atoms with van der Waals surface area (Å²) in [6.45, 7) is 1.05. The molecule has 0 saturated carbocycles. The van der Waals surface area contributed by atoms with E-state index in [9.17, 15) is 0 Å². The van der Waals surface area contributed by atoms with Crippen LogP contribution in [0.1, 0.15) is 19.3 Å². The summed E-state index contributed by atoms with van der Waals surface area (Å²) in [5, 5.41) is 3.16. The molecule has 0 heterocycles. The predicted molar refractivity (Wildman–Crippen MR) is 45.0 cm³/mol. The normalized spacial score (nSPS) is 18.3. The Bertz CT molecular complexity index is 145. The van der Waals surface area contributed by atoms with E-state index < -0.39 is 0 Å². The SMILES string of the molecule is CNCC1=CCCC=CC1. The Labute approximate surface area is 62.8 Å². The summed E-state index contributed by atoms with van der Waals surface area (Å²) in [6, 6.07) is 0. The molecule has 0 radical (unpaired) electrons. The van der Waals surface area contributed by atoms with Crippen molar-refractivity contribution in [2.75, 3.05) is 13.6 Å². The first-order valence-corrected chi connectivity index (χ1v) is 3.91. The van der Waals surface area contributed by atoms with Gasteiger partial charge in [0.1, 0.15) is 0 Å². The second-order valence-corrected chi connectivity index (χ2v) is 2.65. The smallest absolute Gasteiger partial charge is 0.0164 e. The number of likely N-dealkylation sites (N-methyl/N-ethyl adjacent to an activating group) is 1. The van der Waals surface area contributed by atoms with Crippen LogP contribution in [0.5, 0.6) is 0 Å². The van der Waals surface area contributed by atoms with E-state index in [0.717, 1.165) is 13.0 Å². The van der Waals surface area contributed by atoms with Crippen molar-refractivity contribution in [3.63, 3.8) is 0 Å². The van der Waals surface area contributed by atoms with Gasteiger partial charge < -0.3 is 5.32 Å². The summed E-state index contributed by atoms with van der Waals surface area (Å²) >= 11 is 0. The highest BCUT2D eigenvalue weighted by Crippen LogP contribution is 2.09. The molecule has 56 valence electrons. The van der Waals surface area contributed by atoms with Gasteiger partial charge in [0.15, 0.2) is 0 Å². The summed E-state index contributed by atoms with van der Waals surface area (Å²) in [7, 11) is 2.00. The van der Waals surface area contributed by atoms with Crippen molar-refractivity contribution in [2.24, 2.45) is 0 Å². The molecule has 0 saturated heterocycles. The standard InChI is InChI=1S/C9H15N/c1-10-8-9-6-4-2-3-5-7-9/h2,4,7,10H,3,5-6,8H2,1H3. The van der Waals surface area contributed by atoms with E-state index >= 15 is 0 Å². The molecule has 1 N–H and O–H groups in total. The lowest BCUT2D eigenvalue weighted by atomic mass is 10.2. The molecule has 0 bridgehead atoms. The molecule has 0 aromatic heterocycles. The van der Waals surface area contributed by atoms with Gasteiger partial charge in [-0.3, -0.25) is 0 Å². The number of hydrogen-bond donors (Lipinski definition) is 1. The van der Waals surface area contributed by atoms with Gasteiger partial charge in [-0.15, -0.1) is 0 Å². The Hall–Kier alpha value is -0.560. The van der Waals surface area contributed by atoms with Gasteiger partial charge in [0.05, 0.1) is 0 Å². The third kappa shape index (κ3) is 2.36. The first kappa shape index (κ1) is 7.55. The number of rotatable bonds is 2. The molecule has 0 spiro atoms. The van der Waals surface area contributed by atoms with Gasteiger partial charge in [0.25, 0.3) is 0 Å². The molecule has 1 heteroatoms. The van der Waals surface area contributed by atoms with E-state index in [1.165, 1.54) is 18.4 Å². The molecule has 1 nitrogen and oxygen atoms in total. The Balaban J connectivity index is 2.40. The van der Waals surface area contributed by atoms with Crippen LogP contribution in [0.3, 0.4) is 0 Å². The summed E-state index contributed by atoms with van der Waals surface area (Å²) < 4.78 is 0. The topological polar surface area (TPSA) is 12.0 Å². The Morgan fingerprint density at radius 3 is 3.10 bits per heavy atom. The zero-order valence-electron chi connectivity index (χ0n) is 6.56. The van der Waals surface area contributed by atoms with E-state index in [2.05, 4.69) is 23.5 Å². The fourth-order valence-electron chi connectivity index (χ4n) is 1.19. The third-order valence-electron chi connectivity index (χ3n) is 1.72. The predicted octanol–water partition coefficient (Wildman–Crippen LogP) is 1.87.